The molecule has 0 radical (unpaired) electrons. The van der Waals surface area contributed by atoms with E-state index in [9.17, 15) is 18.4 Å². The van der Waals surface area contributed by atoms with Gasteiger partial charge in [-0.2, -0.15) is 0 Å². The first-order valence-corrected chi connectivity index (χ1v) is 15.1. The molecular weight excluding hydrogens is 572 g/mol. The third-order valence-corrected chi connectivity index (χ3v) is 7.35. The molecule has 12 heteroatoms. The molecule has 1 aromatic carbocycles. The molecule has 0 bridgehead atoms. The minimum atomic E-state index is -0.577. The van der Waals surface area contributed by atoms with E-state index in [1.807, 2.05) is 27.7 Å². The number of hydrogen-bond donors (Lipinski definition) is 0. The third-order valence-electron chi connectivity index (χ3n) is 7.35. The van der Waals surface area contributed by atoms with Crippen LogP contribution in [0.5, 0.6) is 5.88 Å². The van der Waals surface area contributed by atoms with Crippen molar-refractivity contribution in [1.29, 1.82) is 0 Å². The molecule has 1 fully saturated rings. The highest BCUT2D eigenvalue weighted by atomic mass is 19.1. The maximum atomic E-state index is 14.8. The smallest absolute Gasteiger partial charge is 0.332 e. The Morgan fingerprint density at radius 1 is 1.07 bits per heavy atom. The summed E-state index contributed by atoms with van der Waals surface area (Å²) in [5.41, 5.74) is 0.291. The van der Waals surface area contributed by atoms with Crippen molar-refractivity contribution in [1.82, 2.24) is 23.7 Å². The summed E-state index contributed by atoms with van der Waals surface area (Å²) in [6.07, 6.45) is 3.00. The Morgan fingerprint density at radius 2 is 1.80 bits per heavy atom. The van der Waals surface area contributed by atoms with Crippen molar-refractivity contribution in [3.05, 3.63) is 74.1 Å². The average molecular weight is 614 g/mol. The van der Waals surface area contributed by atoms with Crippen LogP contribution in [0.4, 0.5) is 8.78 Å². The lowest BCUT2D eigenvalue weighted by molar-refractivity contribution is -0.163. The number of benzene rings is 1. The minimum Gasteiger partial charge on any atom is -0.480 e. The number of fused-ring (bicyclic) bond motifs is 1. The van der Waals surface area contributed by atoms with Gasteiger partial charge in [-0.15, -0.1) is 0 Å². The van der Waals surface area contributed by atoms with E-state index < -0.39 is 22.9 Å². The van der Waals surface area contributed by atoms with Gasteiger partial charge in [-0.1, -0.05) is 26.0 Å². The molecule has 0 aliphatic carbocycles. The molecule has 1 aliphatic rings. The standard InChI is InChI=1S/C30H35F2N5O5.C2H6/c1-18(2)37-27-25(29(38)35(30(37)39)13-7-15-42-24-8-5-6-14-41-24)36(17-20-9-11-21(31)12-10-20)26(34-27)22-16-23(32)19(3)33-28(22)40-4;1-2/h9-12,16,18,24H,5-8,13-15,17H2,1-4H3;1-2H3. The van der Waals surface area contributed by atoms with Crippen molar-refractivity contribution >= 4 is 11.2 Å². The maximum Gasteiger partial charge on any atom is 0.332 e. The number of pyridine rings is 1. The first kappa shape index (κ1) is 33.0. The highest BCUT2D eigenvalue weighted by Crippen LogP contribution is 2.32. The molecule has 0 amide bonds. The zero-order valence-electron chi connectivity index (χ0n) is 26.2. The molecule has 1 saturated heterocycles. The van der Waals surface area contributed by atoms with Crippen molar-refractivity contribution in [2.45, 2.75) is 85.7 Å². The minimum absolute atomic E-state index is 0.0957. The fourth-order valence-corrected chi connectivity index (χ4v) is 5.20. The maximum absolute atomic E-state index is 14.8. The van der Waals surface area contributed by atoms with E-state index in [1.165, 1.54) is 41.4 Å². The second-order valence-corrected chi connectivity index (χ2v) is 10.7. The number of nitrogens with zero attached hydrogens (tertiary/aromatic N) is 5. The van der Waals surface area contributed by atoms with E-state index in [-0.39, 0.29) is 59.5 Å². The monoisotopic (exact) mass is 613 g/mol. The van der Waals surface area contributed by atoms with Gasteiger partial charge in [0.25, 0.3) is 5.56 Å². The summed E-state index contributed by atoms with van der Waals surface area (Å²) < 4.78 is 49.7. The summed E-state index contributed by atoms with van der Waals surface area (Å²) in [5.74, 6) is -0.672. The first-order chi connectivity index (χ1) is 21.2. The lowest BCUT2D eigenvalue weighted by Crippen LogP contribution is -2.41. The van der Waals surface area contributed by atoms with Crippen LogP contribution >= 0.6 is 0 Å². The Labute approximate surface area is 255 Å². The van der Waals surface area contributed by atoms with Gasteiger partial charge in [0.05, 0.1) is 25.0 Å². The number of ether oxygens (including phenoxy) is 3. The number of rotatable bonds is 10. The van der Waals surface area contributed by atoms with Gasteiger partial charge < -0.3 is 18.8 Å². The summed E-state index contributed by atoms with van der Waals surface area (Å²) in [6, 6.07) is 6.73. The van der Waals surface area contributed by atoms with Crippen LogP contribution in [0.2, 0.25) is 0 Å². The Bertz CT molecular complexity index is 1690. The fraction of sp³-hybridized carbons (Fsp3) is 0.500. The molecule has 1 atom stereocenters. The second-order valence-electron chi connectivity index (χ2n) is 10.7. The predicted octanol–water partition coefficient (Wildman–Crippen LogP) is 5.61. The number of aryl methyl sites for hydroxylation is 1. The van der Waals surface area contributed by atoms with Crippen LogP contribution in [0.1, 0.15) is 70.7 Å². The Balaban J connectivity index is 0.00000216. The molecule has 4 aromatic rings. The number of hydrogen-bond acceptors (Lipinski definition) is 7. The highest BCUT2D eigenvalue weighted by Gasteiger charge is 2.26. The van der Waals surface area contributed by atoms with Crippen molar-refractivity contribution in [2.75, 3.05) is 20.3 Å². The normalized spacial score (nSPS) is 15.0. The van der Waals surface area contributed by atoms with Crippen molar-refractivity contribution < 1.29 is 23.0 Å². The van der Waals surface area contributed by atoms with Gasteiger partial charge in [0, 0.05) is 25.7 Å². The molecule has 238 valence electrons. The first-order valence-electron chi connectivity index (χ1n) is 15.1. The van der Waals surface area contributed by atoms with Crippen LogP contribution in [-0.4, -0.2) is 50.3 Å². The SMILES string of the molecule is CC.COc1nc(C)c(F)cc1-c1nc2c(c(=O)n(CCCOC3CCCCO3)c(=O)n2C(C)C)n1Cc1ccc(F)cc1. The summed E-state index contributed by atoms with van der Waals surface area (Å²) in [5, 5.41) is 0. The van der Waals surface area contributed by atoms with E-state index in [4.69, 9.17) is 19.2 Å². The van der Waals surface area contributed by atoms with E-state index in [0.29, 0.717) is 25.2 Å². The molecule has 0 N–H and O–H groups in total. The van der Waals surface area contributed by atoms with Gasteiger partial charge in [0.15, 0.2) is 17.5 Å². The topological polar surface area (TPSA) is 102 Å². The zero-order chi connectivity index (χ0) is 32.0. The Kier molecular flexibility index (Phi) is 11.0. The summed E-state index contributed by atoms with van der Waals surface area (Å²) in [6.45, 7) is 10.4. The molecule has 10 nitrogen and oxygen atoms in total. The fourth-order valence-electron chi connectivity index (χ4n) is 5.20. The summed E-state index contributed by atoms with van der Waals surface area (Å²) >= 11 is 0. The van der Waals surface area contributed by atoms with Gasteiger partial charge in [-0.05, 0) is 70.2 Å². The lowest BCUT2D eigenvalue weighted by atomic mass is 10.2. The van der Waals surface area contributed by atoms with Crippen LogP contribution in [-0.2, 0) is 22.6 Å². The van der Waals surface area contributed by atoms with Gasteiger partial charge in [-0.25, -0.2) is 23.5 Å². The third kappa shape index (κ3) is 6.91. The largest absolute Gasteiger partial charge is 0.480 e. The Hall–Kier alpha value is -3.90. The number of aromatic nitrogens is 5. The molecule has 5 rings (SSSR count). The summed E-state index contributed by atoms with van der Waals surface area (Å²) in [4.78, 5) is 36.7. The van der Waals surface area contributed by atoms with Crippen molar-refractivity contribution in [3.8, 4) is 17.3 Å². The molecule has 0 spiro atoms. The lowest BCUT2D eigenvalue weighted by Gasteiger charge is -2.22. The second kappa shape index (κ2) is 14.7. The molecule has 1 aliphatic heterocycles. The van der Waals surface area contributed by atoms with Gasteiger partial charge >= 0.3 is 5.69 Å². The number of methoxy groups -OCH3 is 1. The molecular formula is C32H41F2N5O5. The van der Waals surface area contributed by atoms with E-state index in [2.05, 4.69) is 4.98 Å². The molecule has 44 heavy (non-hydrogen) atoms. The molecule has 4 heterocycles. The number of halogens is 2. The van der Waals surface area contributed by atoms with E-state index in [1.54, 1.807) is 16.7 Å². The van der Waals surface area contributed by atoms with Crippen molar-refractivity contribution in [3.63, 3.8) is 0 Å². The highest BCUT2D eigenvalue weighted by molar-refractivity contribution is 5.79. The van der Waals surface area contributed by atoms with Crippen LogP contribution in [0.15, 0.2) is 39.9 Å². The van der Waals surface area contributed by atoms with Crippen LogP contribution in [0, 0.1) is 18.6 Å². The molecule has 3 aromatic heterocycles. The predicted molar refractivity (Wildman–Crippen MR) is 164 cm³/mol. The molecule has 0 saturated carbocycles. The summed E-state index contributed by atoms with van der Waals surface area (Å²) in [7, 11) is 1.41. The van der Waals surface area contributed by atoms with Gasteiger partial charge in [0.1, 0.15) is 17.5 Å². The van der Waals surface area contributed by atoms with Crippen LogP contribution in [0.25, 0.3) is 22.6 Å². The van der Waals surface area contributed by atoms with E-state index in [0.717, 1.165) is 19.3 Å². The van der Waals surface area contributed by atoms with Crippen molar-refractivity contribution in [2.24, 2.45) is 0 Å². The van der Waals surface area contributed by atoms with E-state index >= 15 is 0 Å². The Morgan fingerprint density at radius 3 is 2.43 bits per heavy atom. The van der Waals surface area contributed by atoms with Crippen LogP contribution in [0.3, 0.4) is 0 Å². The van der Waals surface area contributed by atoms with Crippen LogP contribution < -0.4 is 16.0 Å². The average Bonchev–Trinajstić information content (AvgIpc) is 3.38. The molecule has 1 unspecified atom stereocenters. The quantitative estimate of drug-likeness (QED) is 0.215. The number of imidazole rings is 1. The van der Waals surface area contributed by atoms with Gasteiger partial charge in [-0.3, -0.25) is 13.9 Å². The zero-order valence-corrected chi connectivity index (χ0v) is 26.2. The van der Waals surface area contributed by atoms with Gasteiger partial charge in [0.2, 0.25) is 5.88 Å².